The minimum Gasteiger partial charge on any atom is -0.388 e. The third kappa shape index (κ3) is 2.92. The second-order valence-corrected chi connectivity index (χ2v) is 4.40. The van der Waals surface area contributed by atoms with Gasteiger partial charge in [0.25, 0.3) is 0 Å². The number of rotatable bonds is 3. The van der Waals surface area contributed by atoms with Crippen molar-refractivity contribution in [3.63, 3.8) is 0 Å². The standard InChI is InChI=1S/C15H17NO/c1-11-5-3-7-13(9-11)15(17)10-14-12(2)6-4-8-16-14/h3-9,15,17H,10H2,1-2H3. The number of aromatic nitrogens is 1. The number of aliphatic hydroxyl groups excluding tert-OH is 1. The van der Waals surface area contributed by atoms with E-state index in [0.29, 0.717) is 6.42 Å². The fourth-order valence-electron chi connectivity index (χ4n) is 1.91. The van der Waals surface area contributed by atoms with Crippen LogP contribution in [0.1, 0.15) is 28.5 Å². The lowest BCUT2D eigenvalue weighted by Crippen LogP contribution is -2.05. The quantitative estimate of drug-likeness (QED) is 0.874. The van der Waals surface area contributed by atoms with Crippen LogP contribution in [0.25, 0.3) is 0 Å². The molecule has 17 heavy (non-hydrogen) atoms. The van der Waals surface area contributed by atoms with Crippen molar-refractivity contribution in [3.05, 3.63) is 65.0 Å². The minimum atomic E-state index is -0.483. The van der Waals surface area contributed by atoms with Gasteiger partial charge in [0.2, 0.25) is 0 Å². The van der Waals surface area contributed by atoms with Crippen molar-refractivity contribution in [1.82, 2.24) is 4.98 Å². The van der Waals surface area contributed by atoms with E-state index in [2.05, 4.69) is 4.98 Å². The van der Waals surface area contributed by atoms with Crippen molar-refractivity contribution in [2.45, 2.75) is 26.4 Å². The molecule has 0 radical (unpaired) electrons. The highest BCUT2D eigenvalue weighted by Crippen LogP contribution is 2.19. The van der Waals surface area contributed by atoms with Gasteiger partial charge in [-0.2, -0.15) is 0 Å². The maximum Gasteiger partial charge on any atom is 0.0845 e. The predicted octanol–water partition coefficient (Wildman–Crippen LogP) is 2.97. The molecule has 1 heterocycles. The fourth-order valence-corrected chi connectivity index (χ4v) is 1.91. The molecule has 1 aromatic heterocycles. The van der Waals surface area contributed by atoms with Crippen LogP contribution in [0.2, 0.25) is 0 Å². The molecule has 1 aromatic carbocycles. The summed E-state index contributed by atoms with van der Waals surface area (Å²) < 4.78 is 0. The lowest BCUT2D eigenvalue weighted by molar-refractivity contribution is 0.177. The van der Waals surface area contributed by atoms with Crippen LogP contribution in [0.4, 0.5) is 0 Å². The van der Waals surface area contributed by atoms with E-state index in [1.807, 2.05) is 50.2 Å². The molecule has 2 rings (SSSR count). The summed E-state index contributed by atoms with van der Waals surface area (Å²) in [7, 11) is 0. The fraction of sp³-hybridized carbons (Fsp3) is 0.267. The van der Waals surface area contributed by atoms with Gasteiger partial charge in [0.05, 0.1) is 6.10 Å². The molecule has 0 aliphatic carbocycles. The minimum absolute atomic E-state index is 0.483. The van der Waals surface area contributed by atoms with E-state index in [1.165, 1.54) is 5.56 Å². The number of nitrogens with zero attached hydrogens (tertiary/aromatic N) is 1. The Morgan fingerprint density at radius 1 is 1.18 bits per heavy atom. The van der Waals surface area contributed by atoms with Gasteiger partial charge in [-0.15, -0.1) is 0 Å². The zero-order valence-corrected chi connectivity index (χ0v) is 10.2. The van der Waals surface area contributed by atoms with Gasteiger partial charge in [0.15, 0.2) is 0 Å². The number of hydrogen-bond acceptors (Lipinski definition) is 2. The van der Waals surface area contributed by atoms with Crippen molar-refractivity contribution in [1.29, 1.82) is 0 Å². The molecular formula is C15H17NO. The molecule has 2 nitrogen and oxygen atoms in total. The molecule has 1 atom stereocenters. The first-order valence-electron chi connectivity index (χ1n) is 5.82. The Balaban J connectivity index is 2.17. The van der Waals surface area contributed by atoms with Crippen molar-refractivity contribution in [2.24, 2.45) is 0 Å². The summed E-state index contributed by atoms with van der Waals surface area (Å²) in [6.45, 7) is 4.05. The highest BCUT2D eigenvalue weighted by atomic mass is 16.3. The molecule has 0 saturated carbocycles. The van der Waals surface area contributed by atoms with Gasteiger partial charge in [-0.1, -0.05) is 35.9 Å². The Hall–Kier alpha value is -1.67. The molecule has 0 aliphatic rings. The molecule has 0 spiro atoms. The van der Waals surface area contributed by atoms with Crippen molar-refractivity contribution >= 4 is 0 Å². The molecule has 0 fully saturated rings. The smallest absolute Gasteiger partial charge is 0.0845 e. The van der Waals surface area contributed by atoms with Crippen molar-refractivity contribution in [3.8, 4) is 0 Å². The molecule has 0 aliphatic heterocycles. The number of hydrogen-bond donors (Lipinski definition) is 1. The highest BCUT2D eigenvalue weighted by molar-refractivity contribution is 5.26. The van der Waals surface area contributed by atoms with Gasteiger partial charge < -0.3 is 5.11 Å². The largest absolute Gasteiger partial charge is 0.388 e. The maximum atomic E-state index is 10.2. The lowest BCUT2D eigenvalue weighted by atomic mass is 10.0. The number of benzene rings is 1. The molecule has 1 unspecified atom stereocenters. The van der Waals surface area contributed by atoms with Gasteiger partial charge in [0.1, 0.15) is 0 Å². The Bertz CT molecular complexity index is 508. The predicted molar refractivity (Wildman–Crippen MR) is 68.8 cm³/mol. The normalized spacial score (nSPS) is 12.4. The monoisotopic (exact) mass is 227 g/mol. The third-order valence-electron chi connectivity index (χ3n) is 2.93. The average Bonchev–Trinajstić information content (AvgIpc) is 2.32. The van der Waals surface area contributed by atoms with Crippen molar-refractivity contribution in [2.75, 3.05) is 0 Å². The van der Waals surface area contributed by atoms with E-state index >= 15 is 0 Å². The van der Waals surface area contributed by atoms with Crippen LogP contribution in [0.5, 0.6) is 0 Å². The summed E-state index contributed by atoms with van der Waals surface area (Å²) in [6, 6.07) is 11.9. The zero-order valence-electron chi connectivity index (χ0n) is 10.2. The van der Waals surface area contributed by atoms with E-state index < -0.39 is 6.10 Å². The Morgan fingerprint density at radius 3 is 2.71 bits per heavy atom. The van der Waals surface area contributed by atoms with Crippen LogP contribution in [0.15, 0.2) is 42.6 Å². The lowest BCUT2D eigenvalue weighted by Gasteiger charge is -2.12. The molecule has 0 amide bonds. The van der Waals surface area contributed by atoms with E-state index in [1.54, 1.807) is 6.20 Å². The first-order valence-corrected chi connectivity index (χ1v) is 5.82. The van der Waals surface area contributed by atoms with Crippen LogP contribution in [-0.4, -0.2) is 10.1 Å². The van der Waals surface area contributed by atoms with E-state index in [4.69, 9.17) is 0 Å². The van der Waals surface area contributed by atoms with Crippen LogP contribution in [0.3, 0.4) is 0 Å². The van der Waals surface area contributed by atoms with Crippen LogP contribution in [0, 0.1) is 13.8 Å². The van der Waals surface area contributed by atoms with E-state index in [9.17, 15) is 5.11 Å². The van der Waals surface area contributed by atoms with Gasteiger partial charge in [0, 0.05) is 18.3 Å². The van der Waals surface area contributed by atoms with Crippen LogP contribution < -0.4 is 0 Å². The topological polar surface area (TPSA) is 33.1 Å². The maximum absolute atomic E-state index is 10.2. The summed E-state index contributed by atoms with van der Waals surface area (Å²) in [4.78, 5) is 4.31. The number of pyridine rings is 1. The van der Waals surface area contributed by atoms with E-state index in [0.717, 1.165) is 16.8 Å². The Labute approximate surface area is 102 Å². The third-order valence-corrected chi connectivity index (χ3v) is 2.93. The molecule has 88 valence electrons. The first-order chi connectivity index (χ1) is 8.16. The molecule has 0 saturated heterocycles. The Kier molecular flexibility index (Phi) is 3.55. The molecule has 2 aromatic rings. The Morgan fingerprint density at radius 2 is 2.00 bits per heavy atom. The first kappa shape index (κ1) is 11.8. The zero-order chi connectivity index (χ0) is 12.3. The van der Waals surface area contributed by atoms with Crippen molar-refractivity contribution < 1.29 is 5.11 Å². The SMILES string of the molecule is Cc1cccc(C(O)Cc2ncccc2C)c1. The highest BCUT2D eigenvalue weighted by Gasteiger charge is 2.10. The molecule has 2 heteroatoms. The summed E-state index contributed by atoms with van der Waals surface area (Å²) in [6.07, 6.45) is 1.85. The second kappa shape index (κ2) is 5.11. The summed E-state index contributed by atoms with van der Waals surface area (Å²) in [5, 5.41) is 10.2. The van der Waals surface area contributed by atoms with Gasteiger partial charge >= 0.3 is 0 Å². The van der Waals surface area contributed by atoms with Gasteiger partial charge in [-0.05, 0) is 31.0 Å². The van der Waals surface area contributed by atoms with Crippen LogP contribution >= 0.6 is 0 Å². The number of aryl methyl sites for hydroxylation is 2. The van der Waals surface area contributed by atoms with Crippen LogP contribution in [-0.2, 0) is 6.42 Å². The number of aliphatic hydroxyl groups is 1. The average molecular weight is 227 g/mol. The van der Waals surface area contributed by atoms with Gasteiger partial charge in [-0.3, -0.25) is 4.98 Å². The van der Waals surface area contributed by atoms with E-state index in [-0.39, 0.29) is 0 Å². The summed E-state index contributed by atoms with van der Waals surface area (Å²) in [5.41, 5.74) is 4.20. The molecule has 0 bridgehead atoms. The summed E-state index contributed by atoms with van der Waals surface area (Å²) in [5.74, 6) is 0. The molecular weight excluding hydrogens is 210 g/mol. The molecule has 1 N–H and O–H groups in total. The second-order valence-electron chi connectivity index (χ2n) is 4.40. The summed E-state index contributed by atoms with van der Waals surface area (Å²) >= 11 is 0. The van der Waals surface area contributed by atoms with Gasteiger partial charge in [-0.25, -0.2) is 0 Å².